The van der Waals surface area contributed by atoms with E-state index < -0.39 is 18.2 Å². The Labute approximate surface area is 111 Å². The molecule has 2 unspecified atom stereocenters. The maximum absolute atomic E-state index is 12.2. The summed E-state index contributed by atoms with van der Waals surface area (Å²) in [6, 6.07) is -1.10. The number of imide groups is 1. The van der Waals surface area contributed by atoms with Crippen LogP contribution < -0.4 is 0 Å². The highest BCUT2D eigenvalue weighted by molar-refractivity contribution is 6.23. The maximum atomic E-state index is 12.2. The second-order valence-corrected chi connectivity index (χ2v) is 4.59. The molecule has 2 aliphatic rings. The second-order valence-electron chi connectivity index (χ2n) is 4.59. The van der Waals surface area contributed by atoms with E-state index in [2.05, 4.69) is 11.6 Å². The van der Waals surface area contributed by atoms with E-state index in [-0.39, 0.29) is 5.91 Å². The summed E-state index contributed by atoms with van der Waals surface area (Å²) in [6.07, 6.45) is 0.810. The number of urea groups is 1. The number of fused-ring (bicyclic) bond motifs is 1. The lowest BCUT2D eigenvalue weighted by Gasteiger charge is -2.30. The van der Waals surface area contributed by atoms with Gasteiger partial charge in [0.25, 0.3) is 17.8 Å². The van der Waals surface area contributed by atoms with Crippen molar-refractivity contribution < 1.29 is 19.3 Å². The zero-order valence-corrected chi connectivity index (χ0v) is 11.2. The fourth-order valence-corrected chi connectivity index (χ4v) is 2.29. The van der Waals surface area contributed by atoms with Gasteiger partial charge in [0, 0.05) is 14.1 Å². The number of hydrogen-bond acceptors (Lipinski definition) is 4. The van der Waals surface area contributed by atoms with Crippen LogP contribution in [0.3, 0.4) is 0 Å². The first-order valence-corrected chi connectivity index (χ1v) is 5.96. The molecule has 0 radical (unpaired) electrons. The van der Waals surface area contributed by atoms with E-state index in [0.717, 1.165) is 4.90 Å². The SMILES string of the molecule is C=CC[N+]1=C(C(C)O)N=C2C1C(=O)N(C)C(=O)N2C. The number of amidine groups is 2. The van der Waals surface area contributed by atoms with Crippen molar-refractivity contribution in [3.05, 3.63) is 12.7 Å². The number of rotatable bonds is 3. The molecule has 0 aromatic carbocycles. The van der Waals surface area contributed by atoms with Gasteiger partial charge in [-0.05, 0) is 11.9 Å². The third-order valence-electron chi connectivity index (χ3n) is 3.26. The number of aliphatic imine (C=N–C) groups is 1. The van der Waals surface area contributed by atoms with Crippen molar-refractivity contribution in [3.8, 4) is 0 Å². The van der Waals surface area contributed by atoms with Crippen molar-refractivity contribution in [1.82, 2.24) is 9.80 Å². The lowest BCUT2D eigenvalue weighted by Crippen LogP contribution is -2.61. The van der Waals surface area contributed by atoms with Crippen LogP contribution in [0.4, 0.5) is 4.79 Å². The second kappa shape index (κ2) is 4.58. The van der Waals surface area contributed by atoms with E-state index in [1.54, 1.807) is 24.6 Å². The predicted molar refractivity (Wildman–Crippen MR) is 69.2 cm³/mol. The van der Waals surface area contributed by atoms with Crippen LogP contribution in [0.25, 0.3) is 0 Å². The van der Waals surface area contributed by atoms with Gasteiger partial charge in [-0.25, -0.2) is 9.37 Å². The van der Waals surface area contributed by atoms with Crippen molar-refractivity contribution in [1.29, 1.82) is 0 Å². The van der Waals surface area contributed by atoms with E-state index in [1.165, 1.54) is 11.9 Å². The quantitative estimate of drug-likeness (QED) is 0.540. The summed E-state index contributed by atoms with van der Waals surface area (Å²) in [4.78, 5) is 30.7. The average molecular weight is 265 g/mol. The highest BCUT2D eigenvalue weighted by Crippen LogP contribution is 2.19. The summed E-state index contributed by atoms with van der Waals surface area (Å²) >= 11 is 0. The summed E-state index contributed by atoms with van der Waals surface area (Å²) in [5.74, 6) is 0.383. The highest BCUT2D eigenvalue weighted by atomic mass is 16.3. The predicted octanol–water partition coefficient (Wildman–Crippen LogP) is -0.731. The number of carbonyl (C=O) groups is 2. The Kier molecular flexibility index (Phi) is 3.23. The van der Waals surface area contributed by atoms with Crippen molar-refractivity contribution in [2.24, 2.45) is 4.99 Å². The van der Waals surface area contributed by atoms with E-state index in [1.807, 2.05) is 0 Å². The van der Waals surface area contributed by atoms with Gasteiger partial charge < -0.3 is 5.11 Å². The standard InChI is InChI=1S/C12H17N4O3/c1-5-6-16-8-10(13-9(16)7(2)17)14(3)12(19)15(4)11(8)18/h5,7-8,17H,1,6H2,2-4H3/q+1. The minimum Gasteiger partial charge on any atom is -0.381 e. The number of nitrogens with zero attached hydrogens (tertiary/aromatic N) is 4. The van der Waals surface area contributed by atoms with Gasteiger partial charge in [0.15, 0.2) is 6.10 Å². The van der Waals surface area contributed by atoms with E-state index in [0.29, 0.717) is 18.2 Å². The number of aliphatic hydroxyl groups excluding tert-OH is 1. The van der Waals surface area contributed by atoms with Gasteiger partial charge in [-0.2, -0.15) is 0 Å². The minimum atomic E-state index is -0.820. The molecule has 7 heteroatoms. The minimum absolute atomic E-state index is 0.348. The van der Waals surface area contributed by atoms with Crippen LogP contribution in [0, 0.1) is 0 Å². The summed E-state index contributed by atoms with van der Waals surface area (Å²) in [7, 11) is 3.00. The van der Waals surface area contributed by atoms with Crippen LogP contribution in [0.5, 0.6) is 0 Å². The Balaban J connectivity index is 2.52. The van der Waals surface area contributed by atoms with Gasteiger partial charge in [-0.15, -0.1) is 0 Å². The van der Waals surface area contributed by atoms with Crippen molar-refractivity contribution >= 4 is 23.6 Å². The third kappa shape index (κ3) is 1.86. The molecular weight excluding hydrogens is 248 g/mol. The monoisotopic (exact) mass is 265 g/mol. The molecular formula is C12H17N4O3+. The molecule has 0 spiro atoms. The molecule has 0 aliphatic carbocycles. The van der Waals surface area contributed by atoms with Crippen molar-refractivity contribution in [2.45, 2.75) is 19.1 Å². The van der Waals surface area contributed by atoms with Gasteiger partial charge in [-0.3, -0.25) is 14.6 Å². The van der Waals surface area contributed by atoms with Crippen LogP contribution in [0.2, 0.25) is 0 Å². The van der Waals surface area contributed by atoms with Crippen molar-refractivity contribution in [2.75, 3.05) is 20.6 Å². The summed E-state index contributed by atoms with van der Waals surface area (Å²) < 4.78 is 1.66. The van der Waals surface area contributed by atoms with Crippen LogP contribution >= 0.6 is 0 Å². The van der Waals surface area contributed by atoms with E-state index in [4.69, 9.17) is 0 Å². The molecule has 1 N–H and O–H groups in total. The molecule has 0 bridgehead atoms. The Hall–Kier alpha value is -2.02. The number of aliphatic hydroxyl groups is 1. The normalized spacial score (nSPS) is 24.6. The Morgan fingerprint density at radius 1 is 1.47 bits per heavy atom. The van der Waals surface area contributed by atoms with E-state index >= 15 is 0 Å². The third-order valence-corrected chi connectivity index (χ3v) is 3.26. The molecule has 2 rings (SSSR count). The molecule has 1 fully saturated rings. The molecule has 3 amide bonds. The van der Waals surface area contributed by atoms with Crippen LogP contribution in [-0.4, -0.2) is 75.9 Å². The zero-order chi connectivity index (χ0) is 14.3. The fraction of sp³-hybridized carbons (Fsp3) is 0.500. The van der Waals surface area contributed by atoms with Gasteiger partial charge in [0.1, 0.15) is 6.54 Å². The summed E-state index contributed by atoms with van der Waals surface area (Å²) in [6.45, 7) is 5.59. The zero-order valence-electron chi connectivity index (χ0n) is 11.2. The highest BCUT2D eigenvalue weighted by Gasteiger charge is 2.53. The summed E-state index contributed by atoms with van der Waals surface area (Å²) in [5, 5.41) is 9.75. The number of likely N-dealkylation sites (N-methyl/N-ethyl adjacent to an activating group) is 2. The first-order chi connectivity index (χ1) is 8.90. The Bertz CT molecular complexity index is 521. The van der Waals surface area contributed by atoms with Crippen LogP contribution in [0.15, 0.2) is 17.6 Å². The van der Waals surface area contributed by atoms with Gasteiger partial charge >= 0.3 is 11.9 Å². The lowest BCUT2D eigenvalue weighted by molar-refractivity contribution is -0.527. The number of carbonyl (C=O) groups excluding carboxylic acids is 2. The van der Waals surface area contributed by atoms with Gasteiger partial charge in [0.2, 0.25) is 0 Å². The molecule has 1 saturated heterocycles. The largest absolute Gasteiger partial charge is 0.381 e. The van der Waals surface area contributed by atoms with E-state index in [9.17, 15) is 14.7 Å². The fourth-order valence-electron chi connectivity index (χ4n) is 2.29. The molecule has 0 aromatic heterocycles. The molecule has 102 valence electrons. The Morgan fingerprint density at radius 3 is 2.63 bits per heavy atom. The molecule has 2 heterocycles. The van der Waals surface area contributed by atoms with Gasteiger partial charge in [0.05, 0.1) is 0 Å². The first kappa shape index (κ1) is 13.4. The topological polar surface area (TPSA) is 76.2 Å². The average Bonchev–Trinajstić information content (AvgIpc) is 2.74. The maximum Gasteiger partial charge on any atom is 0.333 e. The van der Waals surface area contributed by atoms with Gasteiger partial charge in [-0.1, -0.05) is 12.7 Å². The van der Waals surface area contributed by atoms with Crippen LogP contribution in [0.1, 0.15) is 6.92 Å². The van der Waals surface area contributed by atoms with Crippen molar-refractivity contribution in [3.63, 3.8) is 0 Å². The number of amides is 3. The smallest absolute Gasteiger partial charge is 0.333 e. The van der Waals surface area contributed by atoms with Crippen LogP contribution in [-0.2, 0) is 4.79 Å². The summed E-state index contributed by atoms with van der Waals surface area (Å²) in [5.41, 5.74) is 0. The molecule has 0 saturated carbocycles. The lowest BCUT2D eigenvalue weighted by atomic mass is 10.1. The molecule has 2 aliphatic heterocycles. The number of hydrogen-bond donors (Lipinski definition) is 1. The molecule has 2 atom stereocenters. The first-order valence-electron chi connectivity index (χ1n) is 5.96. The molecule has 19 heavy (non-hydrogen) atoms. The molecule has 7 nitrogen and oxygen atoms in total. The Morgan fingerprint density at radius 2 is 2.11 bits per heavy atom. The molecule has 0 aromatic rings.